The van der Waals surface area contributed by atoms with Crippen LogP contribution in [0.1, 0.15) is 25.2 Å². The van der Waals surface area contributed by atoms with E-state index in [1.54, 1.807) is 0 Å². The summed E-state index contributed by atoms with van der Waals surface area (Å²) in [5, 5.41) is 7.97. The number of halogens is 1. The first-order valence-corrected chi connectivity index (χ1v) is 7.07. The van der Waals surface area contributed by atoms with Gasteiger partial charge >= 0.3 is 0 Å². The van der Waals surface area contributed by atoms with E-state index in [0.29, 0.717) is 6.04 Å². The quantitative estimate of drug-likeness (QED) is 0.919. The average Bonchev–Trinajstić information content (AvgIpc) is 2.59. The summed E-state index contributed by atoms with van der Waals surface area (Å²) in [5.74, 6) is 0. The molecule has 0 amide bonds. The van der Waals surface area contributed by atoms with Crippen molar-refractivity contribution in [3.63, 3.8) is 0 Å². The third-order valence-corrected chi connectivity index (χ3v) is 4.41. The van der Waals surface area contributed by atoms with Crippen LogP contribution >= 0.6 is 15.9 Å². The summed E-state index contributed by atoms with van der Waals surface area (Å²) in [7, 11) is 2.03. The molecule has 1 saturated heterocycles. The molecular formula is C12H21BrN4. The molecule has 0 spiro atoms. The van der Waals surface area contributed by atoms with Crippen LogP contribution in [-0.2, 0) is 20.0 Å². The van der Waals surface area contributed by atoms with Crippen molar-refractivity contribution in [1.29, 1.82) is 0 Å². The topological polar surface area (TPSA) is 33.1 Å². The molecule has 2 heterocycles. The fourth-order valence-electron chi connectivity index (χ4n) is 2.30. The lowest BCUT2D eigenvalue weighted by molar-refractivity contribution is 0.161. The molecule has 5 heteroatoms. The Balaban J connectivity index is 2.14. The molecule has 1 aliphatic rings. The minimum Gasteiger partial charge on any atom is -0.314 e. The number of aryl methyl sites for hydroxylation is 2. The van der Waals surface area contributed by atoms with Crippen molar-refractivity contribution in [3.8, 4) is 0 Å². The number of nitrogens with zero attached hydrogens (tertiary/aromatic N) is 3. The Bertz CT molecular complexity index is 388. The molecule has 1 aromatic rings. The van der Waals surface area contributed by atoms with Crippen molar-refractivity contribution >= 4 is 15.9 Å². The maximum atomic E-state index is 4.55. The smallest absolute Gasteiger partial charge is 0.0767 e. The van der Waals surface area contributed by atoms with E-state index in [0.717, 1.165) is 38.3 Å². The van der Waals surface area contributed by atoms with Crippen LogP contribution in [0.3, 0.4) is 0 Å². The maximum absolute atomic E-state index is 4.55. The highest BCUT2D eigenvalue weighted by Crippen LogP contribution is 2.23. The molecule has 0 unspecified atom stereocenters. The molecule has 1 aliphatic heterocycles. The largest absolute Gasteiger partial charge is 0.314 e. The lowest BCUT2D eigenvalue weighted by atomic mass is 10.2. The minimum absolute atomic E-state index is 0.593. The standard InChI is InChI=1S/C12H21BrN4/c1-4-10-12(13)11(16(3)15-10)8-17-6-5-14-7-9(17)2/h9,14H,4-8H2,1-3H3/t9-/m0/s1. The van der Waals surface area contributed by atoms with Gasteiger partial charge in [0.1, 0.15) is 0 Å². The zero-order chi connectivity index (χ0) is 12.4. The third kappa shape index (κ3) is 2.72. The number of hydrogen-bond acceptors (Lipinski definition) is 3. The van der Waals surface area contributed by atoms with Gasteiger partial charge in [-0.25, -0.2) is 0 Å². The number of nitrogens with one attached hydrogen (secondary N) is 1. The van der Waals surface area contributed by atoms with E-state index in [9.17, 15) is 0 Å². The van der Waals surface area contributed by atoms with E-state index >= 15 is 0 Å². The summed E-state index contributed by atoms with van der Waals surface area (Å²) in [4.78, 5) is 2.51. The number of piperazine rings is 1. The molecule has 1 fully saturated rings. The van der Waals surface area contributed by atoms with Crippen LogP contribution in [0.5, 0.6) is 0 Å². The van der Waals surface area contributed by atoms with E-state index in [1.807, 2.05) is 11.7 Å². The predicted molar refractivity (Wildman–Crippen MR) is 73.0 cm³/mol. The second-order valence-corrected chi connectivity index (χ2v) is 5.50. The number of rotatable bonds is 3. The Hall–Kier alpha value is -0.390. The summed E-state index contributed by atoms with van der Waals surface area (Å²) in [6.45, 7) is 8.67. The lowest BCUT2D eigenvalue weighted by Gasteiger charge is -2.33. The molecule has 0 saturated carbocycles. The van der Waals surface area contributed by atoms with Gasteiger partial charge in [0.15, 0.2) is 0 Å². The summed E-state index contributed by atoms with van der Waals surface area (Å²) in [5.41, 5.74) is 2.45. The molecular weight excluding hydrogens is 280 g/mol. The van der Waals surface area contributed by atoms with Gasteiger partial charge in [-0.3, -0.25) is 9.58 Å². The Morgan fingerprint density at radius 1 is 1.53 bits per heavy atom. The second kappa shape index (κ2) is 5.50. The average molecular weight is 301 g/mol. The molecule has 1 atom stereocenters. The van der Waals surface area contributed by atoms with Crippen molar-refractivity contribution in [3.05, 3.63) is 15.9 Å². The van der Waals surface area contributed by atoms with Gasteiger partial charge in [0, 0.05) is 39.3 Å². The van der Waals surface area contributed by atoms with Crippen molar-refractivity contribution in [1.82, 2.24) is 20.0 Å². The summed E-state index contributed by atoms with van der Waals surface area (Å²) >= 11 is 3.68. The molecule has 1 aromatic heterocycles. The van der Waals surface area contributed by atoms with Crippen LogP contribution in [0.15, 0.2) is 4.47 Å². The second-order valence-electron chi connectivity index (χ2n) is 4.71. The van der Waals surface area contributed by atoms with Crippen molar-refractivity contribution in [2.24, 2.45) is 7.05 Å². The van der Waals surface area contributed by atoms with E-state index in [4.69, 9.17) is 0 Å². The first-order valence-electron chi connectivity index (χ1n) is 6.28. The van der Waals surface area contributed by atoms with Gasteiger partial charge in [-0.05, 0) is 29.3 Å². The van der Waals surface area contributed by atoms with Gasteiger partial charge in [-0.1, -0.05) is 6.92 Å². The highest BCUT2D eigenvalue weighted by Gasteiger charge is 2.21. The highest BCUT2D eigenvalue weighted by molar-refractivity contribution is 9.10. The van der Waals surface area contributed by atoms with Gasteiger partial charge in [0.2, 0.25) is 0 Å². The van der Waals surface area contributed by atoms with E-state index < -0.39 is 0 Å². The Labute approximate surface area is 111 Å². The highest BCUT2D eigenvalue weighted by atomic mass is 79.9. The Kier molecular flexibility index (Phi) is 4.22. The van der Waals surface area contributed by atoms with Gasteiger partial charge in [-0.2, -0.15) is 5.10 Å². The molecule has 0 radical (unpaired) electrons. The molecule has 1 N–H and O–H groups in total. The van der Waals surface area contributed by atoms with Crippen molar-refractivity contribution in [2.75, 3.05) is 19.6 Å². The van der Waals surface area contributed by atoms with E-state index in [-0.39, 0.29) is 0 Å². The molecule has 96 valence electrons. The van der Waals surface area contributed by atoms with Crippen LogP contribution in [0.25, 0.3) is 0 Å². The fourth-order valence-corrected chi connectivity index (χ4v) is 3.04. The zero-order valence-electron chi connectivity index (χ0n) is 10.8. The SMILES string of the molecule is CCc1nn(C)c(CN2CCNC[C@@H]2C)c1Br. The number of aromatic nitrogens is 2. The van der Waals surface area contributed by atoms with E-state index in [2.05, 4.69) is 45.1 Å². The van der Waals surface area contributed by atoms with Crippen molar-refractivity contribution < 1.29 is 0 Å². The van der Waals surface area contributed by atoms with Crippen LogP contribution < -0.4 is 5.32 Å². The normalized spacial score (nSPS) is 22.0. The third-order valence-electron chi connectivity index (χ3n) is 3.49. The minimum atomic E-state index is 0.593. The Morgan fingerprint density at radius 3 is 2.88 bits per heavy atom. The van der Waals surface area contributed by atoms with Gasteiger partial charge in [-0.15, -0.1) is 0 Å². The van der Waals surface area contributed by atoms with Gasteiger partial charge < -0.3 is 5.32 Å². The maximum Gasteiger partial charge on any atom is 0.0767 e. The lowest BCUT2D eigenvalue weighted by Crippen LogP contribution is -2.49. The number of hydrogen-bond donors (Lipinski definition) is 1. The van der Waals surface area contributed by atoms with Gasteiger partial charge in [0.05, 0.1) is 15.9 Å². The molecule has 2 rings (SSSR count). The summed E-state index contributed by atoms with van der Waals surface area (Å²) in [6.07, 6.45) is 0.978. The van der Waals surface area contributed by atoms with Crippen molar-refractivity contribution in [2.45, 2.75) is 32.9 Å². The molecule has 0 aliphatic carbocycles. The fraction of sp³-hybridized carbons (Fsp3) is 0.750. The van der Waals surface area contributed by atoms with Gasteiger partial charge in [0.25, 0.3) is 0 Å². The molecule has 4 nitrogen and oxygen atoms in total. The van der Waals surface area contributed by atoms with Crippen LogP contribution in [0.4, 0.5) is 0 Å². The zero-order valence-corrected chi connectivity index (χ0v) is 12.4. The molecule has 0 bridgehead atoms. The first-order chi connectivity index (χ1) is 8.13. The first kappa shape index (κ1) is 13.1. The monoisotopic (exact) mass is 300 g/mol. The molecule has 17 heavy (non-hydrogen) atoms. The van der Waals surface area contributed by atoms with Crippen LogP contribution in [0, 0.1) is 0 Å². The van der Waals surface area contributed by atoms with E-state index in [1.165, 1.54) is 10.2 Å². The summed E-state index contributed by atoms with van der Waals surface area (Å²) in [6, 6.07) is 0.593. The van der Waals surface area contributed by atoms with Crippen LogP contribution in [0.2, 0.25) is 0 Å². The van der Waals surface area contributed by atoms with Crippen LogP contribution in [-0.4, -0.2) is 40.4 Å². The summed E-state index contributed by atoms with van der Waals surface area (Å²) < 4.78 is 3.20. The predicted octanol–water partition coefficient (Wildman–Crippen LogP) is 1.54. The molecule has 0 aromatic carbocycles. The Morgan fingerprint density at radius 2 is 2.29 bits per heavy atom.